The minimum atomic E-state index is -0.714. The summed E-state index contributed by atoms with van der Waals surface area (Å²) < 4.78 is 0. The third-order valence-corrected chi connectivity index (χ3v) is 6.70. The molecule has 1 N–H and O–H groups in total. The predicted molar refractivity (Wildman–Crippen MR) is 120 cm³/mol. The third kappa shape index (κ3) is 3.72. The first kappa shape index (κ1) is 20.2. The van der Waals surface area contributed by atoms with Gasteiger partial charge in [-0.25, -0.2) is 0 Å². The molecule has 0 aliphatic carbocycles. The number of nitrogens with zero attached hydrogens (tertiary/aromatic N) is 2. The second kappa shape index (κ2) is 8.73. The molecule has 1 aliphatic rings. The van der Waals surface area contributed by atoms with Crippen molar-refractivity contribution in [3.63, 3.8) is 0 Å². The molecule has 30 heavy (non-hydrogen) atoms. The minimum absolute atomic E-state index is 0.0491. The maximum absolute atomic E-state index is 10.5. The molecule has 3 aromatic carbocycles. The first-order valence-corrected chi connectivity index (χ1v) is 10.7. The zero-order valence-corrected chi connectivity index (χ0v) is 17.4. The van der Waals surface area contributed by atoms with Crippen LogP contribution in [0.5, 0.6) is 5.75 Å². The van der Waals surface area contributed by atoms with Crippen molar-refractivity contribution in [3.05, 3.63) is 102 Å². The van der Waals surface area contributed by atoms with Crippen LogP contribution in [0, 0.1) is 11.3 Å². The normalized spacial score (nSPS) is 16.7. The predicted octanol–water partition coefficient (Wildman–Crippen LogP) is 5.47. The lowest BCUT2D eigenvalue weighted by Crippen LogP contribution is -2.51. The van der Waals surface area contributed by atoms with Gasteiger partial charge in [-0.15, -0.1) is 0 Å². The van der Waals surface area contributed by atoms with Crippen molar-refractivity contribution in [1.82, 2.24) is 4.90 Å². The summed E-state index contributed by atoms with van der Waals surface area (Å²) in [5.74, 6) is 0.813. The Morgan fingerprint density at radius 2 is 1.37 bits per heavy atom. The lowest BCUT2D eigenvalue weighted by atomic mass is 9.69. The molecule has 0 aromatic heterocycles. The molecule has 1 atom stereocenters. The molecule has 0 radical (unpaired) electrons. The van der Waals surface area contributed by atoms with Crippen LogP contribution in [0.3, 0.4) is 0 Å². The third-order valence-electron chi connectivity index (χ3n) is 6.70. The van der Waals surface area contributed by atoms with Crippen LogP contribution in [0.4, 0.5) is 0 Å². The molecule has 1 saturated heterocycles. The van der Waals surface area contributed by atoms with Gasteiger partial charge in [0.1, 0.15) is 11.2 Å². The highest BCUT2D eigenvalue weighted by molar-refractivity contribution is 5.48. The highest BCUT2D eigenvalue weighted by atomic mass is 16.3. The zero-order chi connectivity index (χ0) is 21.0. The lowest BCUT2D eigenvalue weighted by molar-refractivity contribution is 0.133. The van der Waals surface area contributed by atoms with Gasteiger partial charge in [-0.05, 0) is 67.6 Å². The number of phenolic OH excluding ortho intramolecular Hbond substituents is 1. The molecule has 0 amide bonds. The van der Waals surface area contributed by atoms with E-state index < -0.39 is 5.41 Å². The van der Waals surface area contributed by atoms with E-state index in [2.05, 4.69) is 42.2 Å². The Hall–Kier alpha value is -3.09. The van der Waals surface area contributed by atoms with Gasteiger partial charge in [-0.3, -0.25) is 4.90 Å². The summed E-state index contributed by atoms with van der Waals surface area (Å²) in [5, 5.41) is 20.1. The number of hydrogen-bond acceptors (Lipinski definition) is 3. The van der Waals surface area contributed by atoms with Crippen LogP contribution in [-0.4, -0.2) is 29.1 Å². The van der Waals surface area contributed by atoms with Crippen LogP contribution in [0.2, 0.25) is 0 Å². The van der Waals surface area contributed by atoms with E-state index in [0.717, 1.165) is 37.1 Å². The van der Waals surface area contributed by atoms with Crippen molar-refractivity contribution >= 4 is 0 Å². The van der Waals surface area contributed by atoms with Crippen LogP contribution < -0.4 is 0 Å². The fourth-order valence-corrected chi connectivity index (χ4v) is 4.91. The van der Waals surface area contributed by atoms with E-state index in [1.54, 1.807) is 12.1 Å². The summed E-state index contributed by atoms with van der Waals surface area (Å²) in [4.78, 5) is 2.47. The van der Waals surface area contributed by atoms with Crippen molar-refractivity contribution < 1.29 is 5.11 Å². The number of likely N-dealkylation sites (tertiary alicyclic amines) is 1. The molecule has 1 aliphatic heterocycles. The quantitative estimate of drug-likeness (QED) is 0.622. The summed E-state index contributed by atoms with van der Waals surface area (Å²) in [6, 6.07) is 30.8. The lowest BCUT2D eigenvalue weighted by Gasteiger charge is -2.44. The monoisotopic (exact) mass is 396 g/mol. The fraction of sp³-hybridized carbons (Fsp3) is 0.296. The van der Waals surface area contributed by atoms with Gasteiger partial charge in [0.05, 0.1) is 6.07 Å². The number of rotatable bonds is 5. The molecule has 0 spiro atoms. The van der Waals surface area contributed by atoms with Gasteiger partial charge < -0.3 is 5.11 Å². The van der Waals surface area contributed by atoms with Gasteiger partial charge >= 0.3 is 0 Å². The molecule has 3 nitrogen and oxygen atoms in total. The molecule has 1 fully saturated rings. The summed E-state index contributed by atoms with van der Waals surface area (Å²) in [7, 11) is 0. The Kier molecular flexibility index (Phi) is 5.88. The Morgan fingerprint density at radius 1 is 0.867 bits per heavy atom. The van der Waals surface area contributed by atoms with Crippen LogP contribution in [-0.2, 0) is 5.41 Å². The maximum atomic E-state index is 10.5. The minimum Gasteiger partial charge on any atom is -0.508 e. The van der Waals surface area contributed by atoms with Crippen molar-refractivity contribution in [2.45, 2.75) is 37.1 Å². The summed E-state index contributed by atoms with van der Waals surface area (Å²) >= 11 is 0. The number of phenols is 1. The second-order valence-electron chi connectivity index (χ2n) is 8.23. The van der Waals surface area contributed by atoms with Crippen LogP contribution in [0.25, 0.3) is 0 Å². The molecule has 3 heteroatoms. The molecule has 152 valence electrons. The van der Waals surface area contributed by atoms with Gasteiger partial charge in [0.15, 0.2) is 0 Å². The number of aromatic hydroxyl groups is 1. The highest BCUT2D eigenvalue weighted by Gasteiger charge is 2.43. The molecule has 4 rings (SSSR count). The van der Waals surface area contributed by atoms with E-state index in [1.807, 2.05) is 48.5 Å². The summed E-state index contributed by atoms with van der Waals surface area (Å²) in [6.07, 6.45) is 2.11. The van der Waals surface area contributed by atoms with Crippen molar-refractivity contribution in [1.29, 1.82) is 5.26 Å². The largest absolute Gasteiger partial charge is 0.508 e. The van der Waals surface area contributed by atoms with Crippen molar-refractivity contribution in [3.8, 4) is 11.8 Å². The van der Waals surface area contributed by atoms with Crippen LogP contribution in [0.15, 0.2) is 84.9 Å². The topological polar surface area (TPSA) is 47.3 Å². The summed E-state index contributed by atoms with van der Waals surface area (Å²) in [5.41, 5.74) is 2.67. The average Bonchev–Trinajstić information content (AvgIpc) is 2.82. The number of benzene rings is 3. The Labute approximate surface area is 179 Å². The SMILES string of the molecule is CC(N1CCC(c2ccc(O)cc2)CC1)C(C#N)(c1ccccc1)c1ccccc1. The van der Waals surface area contributed by atoms with E-state index >= 15 is 0 Å². The standard InChI is InChI=1S/C27H28N2O/c1-21(29-18-16-23(17-19-29)22-12-14-26(30)15-13-22)27(20-28,24-8-4-2-5-9-24)25-10-6-3-7-11-25/h2-15,21,23,30H,16-19H2,1H3. The van der Waals surface area contributed by atoms with E-state index in [1.165, 1.54) is 5.56 Å². The molecule has 0 bridgehead atoms. The Bertz CT molecular complexity index is 945. The van der Waals surface area contributed by atoms with Gasteiger partial charge in [0, 0.05) is 6.04 Å². The van der Waals surface area contributed by atoms with Gasteiger partial charge in [0.2, 0.25) is 0 Å². The van der Waals surface area contributed by atoms with Crippen LogP contribution >= 0.6 is 0 Å². The maximum Gasteiger partial charge on any atom is 0.122 e. The van der Waals surface area contributed by atoms with Crippen molar-refractivity contribution in [2.75, 3.05) is 13.1 Å². The van der Waals surface area contributed by atoms with Crippen molar-refractivity contribution in [2.24, 2.45) is 0 Å². The van der Waals surface area contributed by atoms with E-state index in [-0.39, 0.29) is 6.04 Å². The zero-order valence-electron chi connectivity index (χ0n) is 17.4. The fourth-order valence-electron chi connectivity index (χ4n) is 4.91. The van der Waals surface area contributed by atoms with Gasteiger partial charge in [-0.2, -0.15) is 5.26 Å². The van der Waals surface area contributed by atoms with E-state index in [4.69, 9.17) is 0 Å². The summed E-state index contributed by atoms with van der Waals surface area (Å²) in [6.45, 7) is 4.11. The first-order chi connectivity index (χ1) is 14.6. The number of nitriles is 1. The molecule has 1 unspecified atom stereocenters. The molecular weight excluding hydrogens is 368 g/mol. The molecule has 1 heterocycles. The highest BCUT2D eigenvalue weighted by Crippen LogP contribution is 2.40. The Balaban J connectivity index is 1.61. The molecular formula is C27H28N2O. The Morgan fingerprint density at radius 3 is 1.83 bits per heavy atom. The first-order valence-electron chi connectivity index (χ1n) is 10.7. The van der Waals surface area contributed by atoms with E-state index in [0.29, 0.717) is 11.7 Å². The van der Waals surface area contributed by atoms with Gasteiger partial charge in [-0.1, -0.05) is 72.8 Å². The van der Waals surface area contributed by atoms with E-state index in [9.17, 15) is 10.4 Å². The average molecular weight is 397 g/mol. The molecule has 0 saturated carbocycles. The second-order valence-corrected chi connectivity index (χ2v) is 8.23. The smallest absolute Gasteiger partial charge is 0.122 e. The molecule has 3 aromatic rings. The number of hydrogen-bond donors (Lipinski definition) is 1. The van der Waals surface area contributed by atoms with Gasteiger partial charge in [0.25, 0.3) is 0 Å². The number of piperidine rings is 1. The van der Waals surface area contributed by atoms with Crippen LogP contribution in [0.1, 0.15) is 42.4 Å².